The third-order valence-corrected chi connectivity index (χ3v) is 4.15. The Morgan fingerprint density at radius 2 is 1.78 bits per heavy atom. The fourth-order valence-electron chi connectivity index (χ4n) is 2.17. The summed E-state index contributed by atoms with van der Waals surface area (Å²) in [7, 11) is 4.86. The summed E-state index contributed by atoms with van der Waals surface area (Å²) in [5.74, 6) is 2.06. The van der Waals surface area contributed by atoms with Crippen molar-refractivity contribution in [1.29, 1.82) is 0 Å². The summed E-state index contributed by atoms with van der Waals surface area (Å²) in [6.45, 7) is 6.41. The molecule has 0 aliphatic heterocycles. The average molecular weight is 333 g/mol. The largest absolute Gasteiger partial charge is 0.496 e. The number of benzene rings is 1. The van der Waals surface area contributed by atoms with E-state index in [0.29, 0.717) is 23.8 Å². The van der Waals surface area contributed by atoms with Crippen LogP contribution in [0.1, 0.15) is 15.6 Å². The zero-order valence-electron chi connectivity index (χ0n) is 13.8. The topological polar surface area (TPSA) is 44.5 Å². The monoisotopic (exact) mass is 333 g/mol. The number of rotatable bonds is 7. The van der Waals surface area contributed by atoms with Crippen LogP contribution in [0.4, 0.5) is 0 Å². The fourth-order valence-corrected chi connectivity index (χ4v) is 2.97. The van der Waals surface area contributed by atoms with Gasteiger partial charge >= 0.3 is 0 Å². The van der Waals surface area contributed by atoms with Gasteiger partial charge in [-0.15, -0.1) is 0 Å². The van der Waals surface area contributed by atoms with E-state index in [2.05, 4.69) is 11.7 Å². The molecule has 1 aromatic heterocycles. The first-order valence-electron chi connectivity index (χ1n) is 7.09. The van der Waals surface area contributed by atoms with Crippen LogP contribution >= 0.6 is 11.3 Å². The molecule has 0 spiro atoms. The first kappa shape index (κ1) is 17.0. The standard InChI is InChI=1S/C17H21N2O3S/c1-6-9-19-17(23-12(2)18-19)8-7-14-15(21-4)10-13(20-3)11-16(14)22-5/h6-8,10-11H,1,9H2,2-5H3/q+1/b8-7+. The van der Waals surface area contributed by atoms with Gasteiger partial charge in [-0.25, -0.2) is 0 Å². The highest BCUT2D eigenvalue weighted by Crippen LogP contribution is 2.35. The summed E-state index contributed by atoms with van der Waals surface area (Å²) in [4.78, 5) is 0. The van der Waals surface area contributed by atoms with E-state index in [1.165, 1.54) is 0 Å². The molecule has 0 N–H and O–H groups in total. The van der Waals surface area contributed by atoms with Gasteiger partial charge in [-0.3, -0.25) is 0 Å². The summed E-state index contributed by atoms with van der Waals surface area (Å²) >= 11 is 1.62. The van der Waals surface area contributed by atoms with Crippen molar-refractivity contribution in [3.05, 3.63) is 40.4 Å². The minimum Gasteiger partial charge on any atom is -0.496 e. The molecule has 2 rings (SSSR count). The van der Waals surface area contributed by atoms with Gasteiger partial charge in [0, 0.05) is 23.3 Å². The second kappa shape index (κ2) is 7.78. The SMILES string of the molecule is C=CC[n+]1nc(C)sc1/C=C/c1c(OC)cc(OC)cc1OC. The van der Waals surface area contributed by atoms with Crippen LogP contribution in [0, 0.1) is 6.92 Å². The van der Waals surface area contributed by atoms with Crippen molar-refractivity contribution >= 4 is 23.5 Å². The summed E-state index contributed by atoms with van der Waals surface area (Å²) in [5, 5.41) is 6.49. The van der Waals surface area contributed by atoms with Crippen LogP contribution in [-0.2, 0) is 6.54 Å². The van der Waals surface area contributed by atoms with E-state index in [0.717, 1.165) is 15.6 Å². The van der Waals surface area contributed by atoms with Gasteiger partial charge in [-0.2, -0.15) is 0 Å². The molecule has 1 aromatic carbocycles. The molecule has 0 fully saturated rings. The van der Waals surface area contributed by atoms with Crippen LogP contribution < -0.4 is 18.9 Å². The lowest BCUT2D eigenvalue weighted by atomic mass is 10.1. The maximum Gasteiger partial charge on any atom is 0.289 e. The Bertz CT molecular complexity index is 698. The van der Waals surface area contributed by atoms with Crippen LogP contribution in [0.5, 0.6) is 17.2 Å². The summed E-state index contributed by atoms with van der Waals surface area (Å²) < 4.78 is 18.1. The van der Waals surface area contributed by atoms with Gasteiger partial charge in [0.25, 0.3) is 5.01 Å². The number of allylic oxidation sites excluding steroid dienone is 1. The first-order valence-corrected chi connectivity index (χ1v) is 7.91. The van der Waals surface area contributed by atoms with Crippen molar-refractivity contribution in [3.8, 4) is 17.2 Å². The van der Waals surface area contributed by atoms with Gasteiger partial charge < -0.3 is 14.2 Å². The Labute approximate surface area is 140 Å². The molecule has 5 nitrogen and oxygen atoms in total. The highest BCUT2D eigenvalue weighted by atomic mass is 32.1. The highest BCUT2D eigenvalue weighted by molar-refractivity contribution is 7.11. The van der Waals surface area contributed by atoms with Crippen molar-refractivity contribution in [3.63, 3.8) is 0 Å². The van der Waals surface area contributed by atoms with Crippen molar-refractivity contribution in [2.75, 3.05) is 21.3 Å². The number of ether oxygens (including phenoxy) is 3. The molecular formula is C17H21N2O3S+. The minimum atomic E-state index is 0.668. The number of nitrogens with zero attached hydrogens (tertiary/aromatic N) is 2. The molecule has 6 heteroatoms. The van der Waals surface area contributed by atoms with Crippen molar-refractivity contribution in [2.45, 2.75) is 13.5 Å². The van der Waals surface area contributed by atoms with E-state index in [9.17, 15) is 0 Å². The van der Waals surface area contributed by atoms with Crippen LogP contribution in [0.25, 0.3) is 12.2 Å². The van der Waals surface area contributed by atoms with Gasteiger partial charge in [0.1, 0.15) is 17.2 Å². The third-order valence-electron chi connectivity index (χ3n) is 3.22. The van der Waals surface area contributed by atoms with Gasteiger partial charge in [0.05, 0.1) is 26.9 Å². The predicted molar refractivity (Wildman–Crippen MR) is 92.3 cm³/mol. The molecule has 0 unspecified atom stereocenters. The molecule has 0 bridgehead atoms. The summed E-state index contributed by atoms with van der Waals surface area (Å²) in [6.07, 6.45) is 5.79. The maximum absolute atomic E-state index is 5.46. The van der Waals surface area contributed by atoms with Crippen molar-refractivity contribution < 1.29 is 18.9 Å². The predicted octanol–water partition coefficient (Wildman–Crippen LogP) is 3.12. The van der Waals surface area contributed by atoms with E-state index in [1.54, 1.807) is 32.7 Å². The third kappa shape index (κ3) is 3.90. The van der Waals surface area contributed by atoms with E-state index in [1.807, 2.05) is 42.0 Å². The van der Waals surface area contributed by atoms with Gasteiger partial charge in [0.2, 0.25) is 0 Å². The molecule has 122 valence electrons. The van der Waals surface area contributed by atoms with Crippen LogP contribution in [-0.4, -0.2) is 26.4 Å². The lowest BCUT2D eigenvalue weighted by Gasteiger charge is -2.12. The smallest absolute Gasteiger partial charge is 0.289 e. The quantitative estimate of drug-likeness (QED) is 0.577. The zero-order valence-corrected chi connectivity index (χ0v) is 14.6. The second-order valence-corrected chi connectivity index (χ2v) is 5.92. The maximum atomic E-state index is 5.46. The molecule has 0 aliphatic carbocycles. The Morgan fingerprint density at radius 1 is 1.13 bits per heavy atom. The molecule has 0 aliphatic rings. The lowest BCUT2D eigenvalue weighted by molar-refractivity contribution is -0.741. The molecule has 0 atom stereocenters. The Morgan fingerprint density at radius 3 is 2.30 bits per heavy atom. The Kier molecular flexibility index (Phi) is 5.76. The highest BCUT2D eigenvalue weighted by Gasteiger charge is 2.15. The summed E-state index contributed by atoms with van der Waals surface area (Å²) in [5.41, 5.74) is 0.854. The van der Waals surface area contributed by atoms with Gasteiger partial charge in [-0.05, 0) is 30.4 Å². The number of hydrogen-bond acceptors (Lipinski definition) is 5. The summed E-state index contributed by atoms with van der Waals surface area (Å²) in [6, 6.07) is 3.66. The van der Waals surface area contributed by atoms with E-state index < -0.39 is 0 Å². The van der Waals surface area contributed by atoms with Crippen molar-refractivity contribution in [1.82, 2.24) is 5.10 Å². The lowest BCUT2D eigenvalue weighted by Crippen LogP contribution is -2.37. The molecule has 0 saturated heterocycles. The van der Waals surface area contributed by atoms with E-state index in [-0.39, 0.29) is 0 Å². The number of hydrogen-bond donors (Lipinski definition) is 0. The van der Waals surface area contributed by atoms with E-state index in [4.69, 9.17) is 14.2 Å². The number of aryl methyl sites for hydroxylation is 1. The molecular weight excluding hydrogens is 312 g/mol. The fraction of sp³-hybridized carbons (Fsp3) is 0.294. The molecule has 0 saturated carbocycles. The Balaban J connectivity index is 2.44. The number of methoxy groups -OCH3 is 3. The average Bonchev–Trinajstić information content (AvgIpc) is 2.91. The van der Waals surface area contributed by atoms with Gasteiger partial charge in [-0.1, -0.05) is 11.3 Å². The number of aromatic nitrogens is 2. The molecule has 0 radical (unpaired) electrons. The van der Waals surface area contributed by atoms with E-state index >= 15 is 0 Å². The molecule has 1 heterocycles. The molecule has 23 heavy (non-hydrogen) atoms. The Hall–Kier alpha value is -2.34. The minimum absolute atomic E-state index is 0.668. The molecule has 2 aromatic rings. The molecule has 0 amide bonds. The van der Waals surface area contributed by atoms with Crippen molar-refractivity contribution in [2.24, 2.45) is 0 Å². The van der Waals surface area contributed by atoms with Gasteiger partial charge in [0.15, 0.2) is 11.6 Å². The van der Waals surface area contributed by atoms with Crippen LogP contribution in [0.15, 0.2) is 24.8 Å². The first-order chi connectivity index (χ1) is 11.1. The zero-order chi connectivity index (χ0) is 16.8. The van der Waals surface area contributed by atoms with Crippen LogP contribution in [0.2, 0.25) is 0 Å². The van der Waals surface area contributed by atoms with Crippen LogP contribution in [0.3, 0.4) is 0 Å². The normalized spacial score (nSPS) is 10.8. The second-order valence-electron chi connectivity index (χ2n) is 4.71.